The van der Waals surface area contributed by atoms with Crippen molar-refractivity contribution in [3.05, 3.63) is 28.2 Å². The number of hydrogen-bond donors (Lipinski definition) is 1. The van der Waals surface area contributed by atoms with Crippen LogP contribution in [0.15, 0.2) is 23.1 Å². The van der Waals surface area contributed by atoms with Crippen molar-refractivity contribution in [1.29, 1.82) is 0 Å². The van der Waals surface area contributed by atoms with Crippen molar-refractivity contribution in [1.82, 2.24) is 0 Å². The Hall–Kier alpha value is -0.520. The smallest absolute Gasteiger partial charge is 0.393 e. The van der Waals surface area contributed by atoms with Crippen LogP contribution in [0.2, 0.25) is 10.0 Å². The summed E-state index contributed by atoms with van der Waals surface area (Å²) in [6.07, 6.45) is 0. The van der Waals surface area contributed by atoms with Crippen molar-refractivity contribution in [3.63, 3.8) is 0 Å². The van der Waals surface area contributed by atoms with Gasteiger partial charge in [0, 0.05) is 9.92 Å². The standard InChI is InChI=1S/C8H4Cl2F2O2S/c9-4-1-2-6(5(10)3-4)15-8(11,12)7(13)14/h1-3H,(H,13,14). The molecule has 1 rings (SSSR count). The van der Waals surface area contributed by atoms with Gasteiger partial charge in [0.2, 0.25) is 0 Å². The Morgan fingerprint density at radius 3 is 2.47 bits per heavy atom. The summed E-state index contributed by atoms with van der Waals surface area (Å²) in [7, 11) is 0. The van der Waals surface area contributed by atoms with E-state index < -0.39 is 11.2 Å². The minimum atomic E-state index is -3.91. The van der Waals surface area contributed by atoms with Gasteiger partial charge in [0.15, 0.2) is 0 Å². The number of alkyl halides is 2. The van der Waals surface area contributed by atoms with Crippen molar-refractivity contribution < 1.29 is 18.7 Å². The van der Waals surface area contributed by atoms with E-state index in [1.54, 1.807) is 0 Å². The molecule has 0 aliphatic heterocycles. The number of carboxylic acids is 1. The van der Waals surface area contributed by atoms with Gasteiger partial charge in [-0.1, -0.05) is 23.2 Å². The summed E-state index contributed by atoms with van der Waals surface area (Å²) < 4.78 is 25.6. The van der Waals surface area contributed by atoms with Crippen LogP contribution in [0.25, 0.3) is 0 Å². The number of thioether (sulfide) groups is 1. The summed E-state index contributed by atoms with van der Waals surface area (Å²) in [6, 6.07) is 3.86. The second-order valence-electron chi connectivity index (χ2n) is 2.50. The lowest BCUT2D eigenvalue weighted by Crippen LogP contribution is -2.23. The molecule has 0 fully saturated rings. The fourth-order valence-electron chi connectivity index (χ4n) is 0.740. The quantitative estimate of drug-likeness (QED) is 0.852. The van der Waals surface area contributed by atoms with E-state index in [9.17, 15) is 13.6 Å². The Morgan fingerprint density at radius 1 is 1.40 bits per heavy atom. The summed E-state index contributed by atoms with van der Waals surface area (Å²) in [5, 5.41) is 4.59. The molecule has 0 aliphatic carbocycles. The fourth-order valence-corrected chi connectivity index (χ4v) is 1.92. The summed E-state index contributed by atoms with van der Waals surface area (Å²) in [4.78, 5) is 10.1. The molecule has 0 bridgehead atoms. The molecule has 82 valence electrons. The summed E-state index contributed by atoms with van der Waals surface area (Å²) in [5.41, 5.74) is 0. The van der Waals surface area contributed by atoms with Gasteiger partial charge in [0.25, 0.3) is 0 Å². The van der Waals surface area contributed by atoms with Gasteiger partial charge in [0.05, 0.1) is 5.02 Å². The fraction of sp³-hybridized carbons (Fsp3) is 0.125. The Labute approximate surface area is 98.2 Å². The topological polar surface area (TPSA) is 37.3 Å². The van der Waals surface area contributed by atoms with Gasteiger partial charge in [-0.2, -0.15) is 8.78 Å². The number of carbonyl (C=O) groups is 1. The lowest BCUT2D eigenvalue weighted by atomic mass is 10.4. The second kappa shape index (κ2) is 4.55. The van der Waals surface area contributed by atoms with Crippen LogP contribution < -0.4 is 0 Å². The van der Waals surface area contributed by atoms with Gasteiger partial charge in [-0.15, -0.1) is 0 Å². The number of rotatable bonds is 3. The van der Waals surface area contributed by atoms with Crippen LogP contribution in [0.4, 0.5) is 8.78 Å². The average molecular weight is 273 g/mol. The first-order valence-electron chi connectivity index (χ1n) is 3.58. The number of benzene rings is 1. The molecule has 15 heavy (non-hydrogen) atoms. The molecule has 0 amide bonds. The van der Waals surface area contributed by atoms with Crippen LogP contribution in [-0.4, -0.2) is 16.3 Å². The molecular weight excluding hydrogens is 269 g/mol. The van der Waals surface area contributed by atoms with Crippen molar-refractivity contribution in [2.45, 2.75) is 10.2 Å². The maximum Gasteiger partial charge on any atom is 0.393 e. The molecule has 0 saturated heterocycles. The van der Waals surface area contributed by atoms with E-state index in [-0.39, 0.29) is 21.7 Å². The van der Waals surface area contributed by atoms with Gasteiger partial charge in [0.1, 0.15) is 0 Å². The SMILES string of the molecule is O=C(O)C(F)(F)Sc1ccc(Cl)cc1Cl. The highest BCUT2D eigenvalue weighted by Gasteiger charge is 2.40. The Balaban J connectivity index is 2.95. The maximum atomic E-state index is 12.8. The highest BCUT2D eigenvalue weighted by molar-refractivity contribution is 8.01. The molecule has 7 heteroatoms. The third kappa shape index (κ3) is 3.22. The number of halogens is 4. The van der Waals surface area contributed by atoms with E-state index in [0.29, 0.717) is 5.02 Å². The predicted molar refractivity (Wildman–Crippen MR) is 54.9 cm³/mol. The Bertz CT molecular complexity index is 398. The number of carboxylic acid groups (broad SMARTS) is 1. The molecule has 1 N–H and O–H groups in total. The lowest BCUT2D eigenvalue weighted by molar-refractivity contribution is -0.152. The van der Waals surface area contributed by atoms with Crippen molar-refractivity contribution >= 4 is 40.9 Å². The summed E-state index contributed by atoms with van der Waals surface area (Å²) >= 11 is 11.0. The van der Waals surface area contributed by atoms with Gasteiger partial charge in [-0.25, -0.2) is 4.79 Å². The molecule has 1 aromatic carbocycles. The Morgan fingerprint density at radius 2 is 2.00 bits per heavy atom. The van der Waals surface area contributed by atoms with Gasteiger partial charge >= 0.3 is 11.2 Å². The minimum Gasteiger partial charge on any atom is -0.476 e. The monoisotopic (exact) mass is 272 g/mol. The highest BCUT2D eigenvalue weighted by atomic mass is 35.5. The summed E-state index contributed by atoms with van der Waals surface area (Å²) in [5.74, 6) is -2.21. The molecule has 0 radical (unpaired) electrons. The molecule has 0 spiro atoms. The first-order valence-corrected chi connectivity index (χ1v) is 5.15. The van der Waals surface area contributed by atoms with Gasteiger partial charge in [-0.3, -0.25) is 0 Å². The molecule has 0 aliphatic rings. The molecule has 0 unspecified atom stereocenters. The van der Waals surface area contributed by atoms with E-state index in [1.807, 2.05) is 0 Å². The minimum absolute atomic E-state index is 0.00609. The molecule has 0 saturated carbocycles. The number of hydrogen-bond acceptors (Lipinski definition) is 2. The zero-order valence-corrected chi connectivity index (χ0v) is 9.34. The largest absolute Gasteiger partial charge is 0.476 e. The zero-order valence-electron chi connectivity index (χ0n) is 7.01. The molecular formula is C8H4Cl2F2O2S. The molecule has 0 atom stereocenters. The molecule has 2 nitrogen and oxygen atoms in total. The van der Waals surface area contributed by atoms with Crippen LogP contribution in [0.1, 0.15) is 0 Å². The third-order valence-corrected chi connectivity index (χ3v) is 3.05. The molecule has 0 aromatic heterocycles. The van der Waals surface area contributed by atoms with E-state index in [1.165, 1.54) is 18.2 Å². The maximum absolute atomic E-state index is 12.8. The highest BCUT2D eigenvalue weighted by Crippen LogP contribution is 2.40. The van der Waals surface area contributed by atoms with Crippen LogP contribution >= 0.6 is 35.0 Å². The molecule has 0 heterocycles. The van der Waals surface area contributed by atoms with Crippen LogP contribution in [0.3, 0.4) is 0 Å². The number of aliphatic carboxylic acids is 1. The van der Waals surface area contributed by atoms with Gasteiger partial charge < -0.3 is 5.11 Å². The zero-order chi connectivity index (χ0) is 11.6. The van der Waals surface area contributed by atoms with Crippen LogP contribution in [0, 0.1) is 0 Å². The predicted octanol–water partition coefficient (Wildman–Crippen LogP) is 3.76. The first-order chi connectivity index (χ1) is 6.83. The van der Waals surface area contributed by atoms with Crippen molar-refractivity contribution in [2.75, 3.05) is 0 Å². The summed E-state index contributed by atoms with van der Waals surface area (Å²) in [6.45, 7) is 0. The van der Waals surface area contributed by atoms with Crippen LogP contribution in [-0.2, 0) is 4.79 Å². The average Bonchev–Trinajstić information content (AvgIpc) is 2.09. The normalized spacial score (nSPS) is 11.5. The van der Waals surface area contributed by atoms with Crippen molar-refractivity contribution in [3.8, 4) is 0 Å². The van der Waals surface area contributed by atoms with E-state index in [0.717, 1.165) is 0 Å². The van der Waals surface area contributed by atoms with E-state index >= 15 is 0 Å². The van der Waals surface area contributed by atoms with Crippen LogP contribution in [0.5, 0.6) is 0 Å². The van der Waals surface area contributed by atoms with Gasteiger partial charge in [-0.05, 0) is 30.0 Å². The first kappa shape index (κ1) is 12.5. The second-order valence-corrected chi connectivity index (χ2v) is 4.50. The third-order valence-electron chi connectivity index (χ3n) is 1.38. The van der Waals surface area contributed by atoms with E-state index in [2.05, 4.69) is 0 Å². The molecule has 1 aromatic rings. The van der Waals surface area contributed by atoms with E-state index in [4.69, 9.17) is 28.3 Å². The van der Waals surface area contributed by atoms with Crippen molar-refractivity contribution in [2.24, 2.45) is 0 Å². The lowest BCUT2D eigenvalue weighted by Gasteiger charge is -2.11. The Kier molecular flexibility index (Phi) is 3.81.